The fourth-order valence-electron chi connectivity index (χ4n) is 1.71. The number of nitrogens with zero attached hydrogens (tertiary/aromatic N) is 1. The van der Waals surface area contributed by atoms with Crippen LogP contribution < -0.4 is 5.32 Å². The summed E-state index contributed by atoms with van der Waals surface area (Å²) < 4.78 is 0. The fraction of sp³-hybridized carbons (Fsp3) is 0.300. The highest BCUT2D eigenvalue weighted by Gasteiger charge is 2.40. The molecule has 2 rings (SSSR count). The first-order valence-electron chi connectivity index (χ1n) is 4.64. The van der Waals surface area contributed by atoms with Gasteiger partial charge < -0.3 is 5.32 Å². The molecule has 1 aliphatic heterocycles. The van der Waals surface area contributed by atoms with Gasteiger partial charge in [-0.05, 0) is 19.4 Å². The molecule has 84 valence electrons. The zero-order valence-corrected chi connectivity index (χ0v) is 9.46. The predicted molar refractivity (Wildman–Crippen MR) is 59.8 cm³/mol. The molecule has 1 heterocycles. The van der Waals surface area contributed by atoms with Crippen molar-refractivity contribution in [2.24, 2.45) is 0 Å². The van der Waals surface area contributed by atoms with Gasteiger partial charge in [0, 0.05) is 12.1 Å². The van der Waals surface area contributed by atoms with Crippen LogP contribution in [0.3, 0.4) is 0 Å². The smallest absolute Gasteiger partial charge is 0.271 e. The first kappa shape index (κ1) is 10.9. The summed E-state index contributed by atoms with van der Waals surface area (Å²) in [5, 5.41) is 13.5. The number of carbonyl (C=O) groups excluding carboxylic acids is 1. The van der Waals surface area contributed by atoms with Crippen LogP contribution in [-0.4, -0.2) is 10.8 Å². The Morgan fingerprint density at radius 1 is 1.44 bits per heavy atom. The number of halogens is 1. The van der Waals surface area contributed by atoms with Crippen LogP contribution in [0.25, 0.3) is 0 Å². The molecule has 16 heavy (non-hydrogen) atoms. The number of anilines is 1. The van der Waals surface area contributed by atoms with E-state index in [2.05, 4.69) is 5.32 Å². The predicted octanol–water partition coefficient (Wildman–Crippen LogP) is 2.48. The third-order valence-electron chi connectivity index (χ3n) is 2.77. The van der Waals surface area contributed by atoms with Crippen molar-refractivity contribution in [3.63, 3.8) is 0 Å². The molecule has 0 unspecified atom stereocenters. The zero-order valence-electron chi connectivity index (χ0n) is 8.70. The summed E-state index contributed by atoms with van der Waals surface area (Å²) in [6.45, 7) is 3.41. The molecule has 5 nitrogen and oxygen atoms in total. The number of fused-ring (bicyclic) bond motifs is 1. The van der Waals surface area contributed by atoms with E-state index < -0.39 is 10.3 Å². The number of non-ortho nitro benzene ring substituents is 1. The second-order valence-electron chi connectivity index (χ2n) is 4.19. The maximum absolute atomic E-state index is 11.6. The van der Waals surface area contributed by atoms with Crippen molar-refractivity contribution in [2.75, 3.05) is 5.32 Å². The van der Waals surface area contributed by atoms with Crippen LogP contribution in [-0.2, 0) is 10.2 Å². The Morgan fingerprint density at radius 3 is 2.62 bits per heavy atom. The van der Waals surface area contributed by atoms with E-state index in [1.165, 1.54) is 12.1 Å². The van der Waals surface area contributed by atoms with Crippen molar-refractivity contribution in [1.82, 2.24) is 0 Å². The molecular weight excluding hydrogens is 232 g/mol. The zero-order chi connectivity index (χ0) is 12.1. The Morgan fingerprint density at radius 2 is 2.06 bits per heavy atom. The largest absolute Gasteiger partial charge is 0.324 e. The summed E-state index contributed by atoms with van der Waals surface area (Å²) in [5.74, 6) is -0.204. The van der Waals surface area contributed by atoms with Crippen LogP contribution in [0.2, 0.25) is 5.02 Å². The number of amides is 1. The lowest BCUT2D eigenvalue weighted by atomic mass is 9.86. The van der Waals surface area contributed by atoms with Gasteiger partial charge in [-0.1, -0.05) is 11.6 Å². The average molecular weight is 241 g/mol. The highest BCUT2D eigenvalue weighted by Crippen LogP contribution is 2.43. The summed E-state index contributed by atoms with van der Waals surface area (Å²) in [4.78, 5) is 21.8. The number of carbonyl (C=O) groups is 1. The molecule has 0 fully saturated rings. The van der Waals surface area contributed by atoms with Gasteiger partial charge in [0.25, 0.3) is 5.69 Å². The normalized spacial score (nSPS) is 16.8. The van der Waals surface area contributed by atoms with Crippen molar-refractivity contribution >= 4 is 28.9 Å². The van der Waals surface area contributed by atoms with Crippen molar-refractivity contribution < 1.29 is 9.72 Å². The van der Waals surface area contributed by atoms with Crippen LogP contribution in [0.15, 0.2) is 12.1 Å². The Balaban J connectivity index is 2.69. The summed E-state index contributed by atoms with van der Waals surface area (Å²) in [6.07, 6.45) is 0. The quantitative estimate of drug-likeness (QED) is 0.605. The van der Waals surface area contributed by atoms with Crippen LogP contribution in [0, 0.1) is 10.1 Å². The van der Waals surface area contributed by atoms with Crippen LogP contribution in [0.1, 0.15) is 19.4 Å². The van der Waals surface area contributed by atoms with Gasteiger partial charge in [-0.15, -0.1) is 0 Å². The highest BCUT2D eigenvalue weighted by molar-refractivity contribution is 6.35. The lowest BCUT2D eigenvalue weighted by Gasteiger charge is -2.14. The first-order valence-corrected chi connectivity index (χ1v) is 5.01. The third-order valence-corrected chi connectivity index (χ3v) is 3.06. The van der Waals surface area contributed by atoms with E-state index in [0.717, 1.165) is 0 Å². The maximum atomic E-state index is 11.6. The minimum Gasteiger partial charge on any atom is -0.324 e. The fourth-order valence-corrected chi connectivity index (χ4v) is 1.97. The molecule has 0 atom stereocenters. The average Bonchev–Trinajstić information content (AvgIpc) is 2.40. The van der Waals surface area contributed by atoms with E-state index in [1.807, 2.05) is 0 Å². The highest BCUT2D eigenvalue weighted by atomic mass is 35.5. The number of nitrogens with one attached hydrogen (secondary N) is 1. The van der Waals surface area contributed by atoms with Gasteiger partial charge in [0.05, 0.1) is 21.0 Å². The van der Waals surface area contributed by atoms with E-state index in [-0.39, 0.29) is 16.6 Å². The van der Waals surface area contributed by atoms with Crippen molar-refractivity contribution in [3.8, 4) is 0 Å². The summed E-state index contributed by atoms with van der Waals surface area (Å²) in [7, 11) is 0. The number of rotatable bonds is 1. The monoisotopic (exact) mass is 240 g/mol. The summed E-state index contributed by atoms with van der Waals surface area (Å²) in [5.41, 5.74) is 0.151. The Kier molecular flexibility index (Phi) is 2.17. The molecule has 1 amide bonds. The minimum atomic E-state index is -0.787. The van der Waals surface area contributed by atoms with Gasteiger partial charge in [0.1, 0.15) is 0 Å². The molecule has 1 N–H and O–H groups in total. The van der Waals surface area contributed by atoms with E-state index in [1.54, 1.807) is 13.8 Å². The number of benzene rings is 1. The molecule has 1 aromatic rings. The molecule has 0 spiro atoms. The van der Waals surface area contributed by atoms with Gasteiger partial charge in [0.15, 0.2) is 0 Å². The SMILES string of the molecule is CC1(C)C(=O)Nc2c(Cl)cc([N+](=O)[O-])cc21. The van der Waals surface area contributed by atoms with Gasteiger partial charge in [0.2, 0.25) is 5.91 Å². The van der Waals surface area contributed by atoms with E-state index in [0.29, 0.717) is 11.3 Å². The first-order chi connectivity index (χ1) is 7.34. The second kappa shape index (κ2) is 3.18. The molecule has 0 aliphatic carbocycles. The van der Waals surface area contributed by atoms with Crippen molar-refractivity contribution in [2.45, 2.75) is 19.3 Å². The van der Waals surface area contributed by atoms with E-state index >= 15 is 0 Å². The Labute approximate surface area is 96.6 Å². The number of hydrogen-bond acceptors (Lipinski definition) is 3. The van der Waals surface area contributed by atoms with E-state index in [9.17, 15) is 14.9 Å². The molecule has 6 heteroatoms. The molecule has 0 bridgehead atoms. The maximum Gasteiger partial charge on any atom is 0.271 e. The second-order valence-corrected chi connectivity index (χ2v) is 4.59. The van der Waals surface area contributed by atoms with Crippen LogP contribution in [0.4, 0.5) is 11.4 Å². The van der Waals surface area contributed by atoms with Gasteiger partial charge in [-0.2, -0.15) is 0 Å². The van der Waals surface area contributed by atoms with Crippen LogP contribution in [0.5, 0.6) is 0 Å². The van der Waals surface area contributed by atoms with E-state index in [4.69, 9.17) is 11.6 Å². The lowest BCUT2D eigenvalue weighted by molar-refractivity contribution is -0.384. The lowest BCUT2D eigenvalue weighted by Crippen LogP contribution is -2.26. The molecule has 0 saturated carbocycles. The van der Waals surface area contributed by atoms with Crippen molar-refractivity contribution in [1.29, 1.82) is 0 Å². The molecule has 0 saturated heterocycles. The number of hydrogen-bond donors (Lipinski definition) is 1. The Bertz CT molecular complexity index is 511. The van der Waals surface area contributed by atoms with Gasteiger partial charge in [-0.25, -0.2) is 0 Å². The minimum absolute atomic E-state index is 0.103. The number of nitro groups is 1. The van der Waals surface area contributed by atoms with Gasteiger partial charge in [-0.3, -0.25) is 14.9 Å². The standard InChI is InChI=1S/C10H9ClN2O3/c1-10(2)6-3-5(13(15)16)4-7(11)8(6)12-9(10)14/h3-4H,1-2H3,(H,12,14). The Hall–Kier alpha value is -1.62. The molecule has 0 radical (unpaired) electrons. The van der Waals surface area contributed by atoms with Crippen LogP contribution >= 0.6 is 11.6 Å². The summed E-state index contributed by atoms with van der Waals surface area (Å²) >= 11 is 5.89. The third kappa shape index (κ3) is 1.36. The topological polar surface area (TPSA) is 72.2 Å². The van der Waals surface area contributed by atoms with Crippen molar-refractivity contribution in [3.05, 3.63) is 32.8 Å². The molecule has 0 aromatic heterocycles. The summed E-state index contributed by atoms with van der Waals surface area (Å²) in [6, 6.07) is 2.63. The molecular formula is C10H9ClN2O3. The molecule has 1 aliphatic rings. The van der Waals surface area contributed by atoms with Gasteiger partial charge >= 0.3 is 0 Å². The number of nitro benzene ring substituents is 1. The molecule has 1 aromatic carbocycles.